The molecule has 5 rings (SSSR count). The van der Waals surface area contributed by atoms with Crippen molar-refractivity contribution in [1.82, 2.24) is 9.88 Å². The molecule has 0 atom stereocenters. The number of carbonyl (C=O) groups is 3. The number of nitrogens with zero attached hydrogens (tertiary/aromatic N) is 2. The summed E-state index contributed by atoms with van der Waals surface area (Å²) in [5, 5.41) is 3.78. The summed E-state index contributed by atoms with van der Waals surface area (Å²) in [4.78, 5) is 42.8. The van der Waals surface area contributed by atoms with Gasteiger partial charge < -0.3 is 5.32 Å². The summed E-state index contributed by atoms with van der Waals surface area (Å²) in [6.07, 6.45) is 0.711. The van der Waals surface area contributed by atoms with Crippen molar-refractivity contribution >= 4 is 45.0 Å². The van der Waals surface area contributed by atoms with Crippen LogP contribution in [0.1, 0.15) is 31.3 Å². The molecule has 0 radical (unpaired) electrons. The third-order valence-electron chi connectivity index (χ3n) is 5.11. The Balaban J connectivity index is 1.22. The van der Waals surface area contributed by atoms with E-state index < -0.39 is 17.7 Å². The third kappa shape index (κ3) is 3.71. The SMILES string of the molecule is O=C(CN1C(=O)c2ccccc2C1=O)Nc1ccc(Cc2nc3ccccc3s2)cc1. The first kappa shape index (κ1) is 19.1. The molecule has 0 fully saturated rings. The third-order valence-corrected chi connectivity index (χ3v) is 6.15. The van der Waals surface area contributed by atoms with Crippen LogP contribution in [0.5, 0.6) is 0 Å². The van der Waals surface area contributed by atoms with E-state index in [0.29, 0.717) is 23.2 Å². The molecule has 31 heavy (non-hydrogen) atoms. The number of anilines is 1. The number of aromatic nitrogens is 1. The van der Waals surface area contributed by atoms with Gasteiger partial charge in [-0.25, -0.2) is 4.98 Å². The van der Waals surface area contributed by atoms with Crippen LogP contribution >= 0.6 is 11.3 Å². The summed E-state index contributed by atoms with van der Waals surface area (Å²) in [7, 11) is 0. The van der Waals surface area contributed by atoms with E-state index in [1.165, 1.54) is 0 Å². The van der Waals surface area contributed by atoms with Crippen LogP contribution in [0.25, 0.3) is 10.2 Å². The van der Waals surface area contributed by atoms with Gasteiger partial charge >= 0.3 is 0 Å². The number of thiazole rings is 1. The maximum Gasteiger partial charge on any atom is 0.262 e. The minimum atomic E-state index is -0.443. The van der Waals surface area contributed by atoms with Crippen LogP contribution in [0, 0.1) is 0 Å². The first-order valence-corrected chi connectivity index (χ1v) is 10.6. The largest absolute Gasteiger partial charge is 0.325 e. The fraction of sp³-hybridized carbons (Fsp3) is 0.0833. The summed E-state index contributed by atoms with van der Waals surface area (Å²) in [6, 6.07) is 22.1. The van der Waals surface area contributed by atoms with Crippen molar-refractivity contribution in [3.63, 3.8) is 0 Å². The summed E-state index contributed by atoms with van der Waals surface area (Å²) in [6.45, 7) is -0.320. The fourth-order valence-electron chi connectivity index (χ4n) is 3.60. The predicted octanol–water partition coefficient (Wildman–Crippen LogP) is 4.12. The molecule has 0 spiro atoms. The second-order valence-electron chi connectivity index (χ2n) is 7.24. The fourth-order valence-corrected chi connectivity index (χ4v) is 4.60. The number of imide groups is 1. The molecular weight excluding hydrogens is 410 g/mol. The molecule has 0 saturated carbocycles. The van der Waals surface area contributed by atoms with Gasteiger partial charge in [-0.1, -0.05) is 36.4 Å². The molecule has 0 saturated heterocycles. The molecular formula is C24H17N3O3S. The number of fused-ring (bicyclic) bond motifs is 2. The molecule has 1 aliphatic rings. The Morgan fingerprint density at radius 2 is 1.52 bits per heavy atom. The molecule has 6 nitrogen and oxygen atoms in total. The van der Waals surface area contributed by atoms with Crippen LogP contribution < -0.4 is 5.32 Å². The molecule has 152 valence electrons. The summed E-state index contributed by atoms with van der Waals surface area (Å²) in [5.74, 6) is -1.31. The van der Waals surface area contributed by atoms with Crippen LogP contribution in [0.4, 0.5) is 5.69 Å². The van der Waals surface area contributed by atoms with E-state index in [1.807, 2.05) is 42.5 Å². The lowest BCUT2D eigenvalue weighted by Crippen LogP contribution is -2.37. The Kier molecular flexibility index (Phi) is 4.80. The van der Waals surface area contributed by atoms with Gasteiger partial charge in [0.1, 0.15) is 6.54 Å². The van der Waals surface area contributed by atoms with E-state index in [0.717, 1.165) is 25.7 Å². The normalized spacial score (nSPS) is 13.0. The van der Waals surface area contributed by atoms with Gasteiger partial charge in [0.2, 0.25) is 5.91 Å². The maximum absolute atomic E-state index is 12.4. The molecule has 0 aliphatic carbocycles. The van der Waals surface area contributed by atoms with Gasteiger partial charge in [-0.05, 0) is 42.0 Å². The lowest BCUT2D eigenvalue weighted by Gasteiger charge is -2.13. The summed E-state index contributed by atoms with van der Waals surface area (Å²) >= 11 is 1.67. The van der Waals surface area contributed by atoms with E-state index >= 15 is 0 Å². The Morgan fingerprint density at radius 3 is 2.19 bits per heavy atom. The van der Waals surface area contributed by atoms with Crippen molar-refractivity contribution in [2.24, 2.45) is 0 Å². The van der Waals surface area contributed by atoms with Gasteiger partial charge in [0, 0.05) is 12.1 Å². The van der Waals surface area contributed by atoms with Crippen molar-refractivity contribution in [2.45, 2.75) is 6.42 Å². The Hall–Kier alpha value is -3.84. The molecule has 0 unspecified atom stereocenters. The lowest BCUT2D eigenvalue weighted by molar-refractivity contribution is -0.116. The molecule has 1 N–H and O–H groups in total. The number of amides is 3. The van der Waals surface area contributed by atoms with Crippen molar-refractivity contribution in [3.05, 3.63) is 94.5 Å². The van der Waals surface area contributed by atoms with E-state index in [9.17, 15) is 14.4 Å². The number of rotatable bonds is 5. The quantitative estimate of drug-likeness (QED) is 0.486. The minimum Gasteiger partial charge on any atom is -0.325 e. The minimum absolute atomic E-state index is 0.320. The molecule has 1 aliphatic heterocycles. The van der Waals surface area contributed by atoms with Crippen LogP contribution in [-0.4, -0.2) is 34.2 Å². The predicted molar refractivity (Wildman–Crippen MR) is 119 cm³/mol. The second kappa shape index (κ2) is 7.77. The zero-order valence-electron chi connectivity index (χ0n) is 16.4. The first-order valence-electron chi connectivity index (χ1n) is 9.77. The highest BCUT2D eigenvalue weighted by molar-refractivity contribution is 7.18. The van der Waals surface area contributed by atoms with E-state index in [4.69, 9.17) is 0 Å². The zero-order valence-corrected chi connectivity index (χ0v) is 17.2. The van der Waals surface area contributed by atoms with Crippen LogP contribution in [-0.2, 0) is 11.2 Å². The molecule has 4 aromatic rings. The number of hydrogen-bond donors (Lipinski definition) is 1. The van der Waals surface area contributed by atoms with Crippen molar-refractivity contribution in [3.8, 4) is 0 Å². The molecule has 0 bridgehead atoms. The van der Waals surface area contributed by atoms with Gasteiger partial charge in [0.15, 0.2) is 0 Å². The number of para-hydroxylation sites is 1. The van der Waals surface area contributed by atoms with E-state index in [-0.39, 0.29) is 6.54 Å². The molecule has 2 heterocycles. The van der Waals surface area contributed by atoms with Crippen LogP contribution in [0.3, 0.4) is 0 Å². The Labute approximate surface area is 182 Å². The zero-order chi connectivity index (χ0) is 21.4. The average Bonchev–Trinajstić information content (AvgIpc) is 3.29. The van der Waals surface area contributed by atoms with Gasteiger partial charge in [-0.3, -0.25) is 19.3 Å². The highest BCUT2D eigenvalue weighted by Crippen LogP contribution is 2.25. The average molecular weight is 427 g/mol. The van der Waals surface area contributed by atoms with Crippen molar-refractivity contribution in [1.29, 1.82) is 0 Å². The molecule has 7 heteroatoms. The Morgan fingerprint density at radius 1 is 0.871 bits per heavy atom. The Bertz CT molecular complexity index is 1260. The topological polar surface area (TPSA) is 79.4 Å². The standard InChI is InChI=1S/C24H17N3O3S/c28-21(14-27-23(29)17-5-1-2-6-18(17)24(27)30)25-16-11-9-15(10-12-16)13-22-26-19-7-3-4-8-20(19)31-22/h1-12H,13-14H2,(H,25,28). The molecule has 3 amide bonds. The van der Waals surface area contributed by atoms with Crippen molar-refractivity contribution < 1.29 is 14.4 Å². The smallest absolute Gasteiger partial charge is 0.262 e. The molecule has 1 aromatic heterocycles. The van der Waals surface area contributed by atoms with Crippen molar-refractivity contribution in [2.75, 3.05) is 11.9 Å². The number of hydrogen-bond acceptors (Lipinski definition) is 5. The molecule has 3 aromatic carbocycles. The van der Waals surface area contributed by atoms with Crippen LogP contribution in [0.2, 0.25) is 0 Å². The monoisotopic (exact) mass is 427 g/mol. The summed E-state index contributed by atoms with van der Waals surface area (Å²) < 4.78 is 1.16. The number of nitrogens with one attached hydrogen (secondary N) is 1. The van der Waals surface area contributed by atoms with Gasteiger partial charge in [-0.2, -0.15) is 0 Å². The van der Waals surface area contributed by atoms with Crippen LogP contribution in [0.15, 0.2) is 72.8 Å². The highest BCUT2D eigenvalue weighted by Gasteiger charge is 2.36. The first-order chi connectivity index (χ1) is 15.1. The van der Waals surface area contributed by atoms with Gasteiger partial charge in [0.25, 0.3) is 11.8 Å². The lowest BCUT2D eigenvalue weighted by atomic mass is 10.1. The van der Waals surface area contributed by atoms with E-state index in [1.54, 1.807) is 35.6 Å². The number of carbonyl (C=O) groups excluding carboxylic acids is 3. The maximum atomic E-state index is 12.4. The highest BCUT2D eigenvalue weighted by atomic mass is 32.1. The van der Waals surface area contributed by atoms with Gasteiger partial charge in [-0.15, -0.1) is 11.3 Å². The van der Waals surface area contributed by atoms with Gasteiger partial charge in [0.05, 0.1) is 26.4 Å². The summed E-state index contributed by atoms with van der Waals surface area (Å²) in [5.41, 5.74) is 3.35. The van der Waals surface area contributed by atoms with E-state index in [2.05, 4.69) is 16.4 Å². The second-order valence-corrected chi connectivity index (χ2v) is 8.35. The number of benzene rings is 3.